The number of nitrogens with one attached hydrogen (secondary N) is 1. The van der Waals surface area contributed by atoms with E-state index < -0.39 is 0 Å². The highest BCUT2D eigenvalue weighted by atomic mass is 19.1. The van der Waals surface area contributed by atoms with Gasteiger partial charge in [-0.15, -0.1) is 0 Å². The zero-order valence-corrected chi connectivity index (χ0v) is 16.1. The average Bonchev–Trinajstić information content (AvgIpc) is 2.78. The molecule has 0 saturated carbocycles. The summed E-state index contributed by atoms with van der Waals surface area (Å²) in [7, 11) is 0. The van der Waals surface area contributed by atoms with Crippen molar-refractivity contribution in [2.45, 2.75) is 13.2 Å². The normalized spacial score (nSPS) is 11.0. The molecular weight excluding hydrogens is 387 g/mol. The Bertz CT molecular complexity index is 978. The molecule has 0 unspecified atom stereocenters. The number of benzene rings is 2. The van der Waals surface area contributed by atoms with Crippen molar-refractivity contribution in [2.75, 3.05) is 6.61 Å². The average molecular weight is 408 g/mol. The number of oxime groups is 1. The zero-order valence-electron chi connectivity index (χ0n) is 16.1. The van der Waals surface area contributed by atoms with Crippen molar-refractivity contribution in [1.29, 1.82) is 0 Å². The number of nitrogens with zero attached hydrogens (tertiary/aromatic N) is 2. The van der Waals surface area contributed by atoms with Gasteiger partial charge in [-0.2, -0.15) is 0 Å². The van der Waals surface area contributed by atoms with Crippen molar-refractivity contribution in [3.63, 3.8) is 0 Å². The summed E-state index contributed by atoms with van der Waals surface area (Å²) in [6.07, 6.45) is 3.45. The fourth-order valence-corrected chi connectivity index (χ4v) is 2.44. The lowest BCUT2D eigenvalue weighted by Gasteiger charge is -2.07. The Morgan fingerprint density at radius 2 is 1.83 bits per heavy atom. The predicted molar refractivity (Wildman–Crippen MR) is 110 cm³/mol. The summed E-state index contributed by atoms with van der Waals surface area (Å²) in [5, 5.41) is 6.41. The van der Waals surface area contributed by atoms with Crippen LogP contribution in [0.15, 0.2) is 78.2 Å². The van der Waals surface area contributed by atoms with Gasteiger partial charge in [0.2, 0.25) is 0 Å². The van der Waals surface area contributed by atoms with Crippen molar-refractivity contribution in [3.8, 4) is 5.75 Å². The van der Waals surface area contributed by atoms with Crippen molar-refractivity contribution < 1.29 is 18.8 Å². The lowest BCUT2D eigenvalue weighted by atomic mass is 10.2. The van der Waals surface area contributed by atoms with Crippen LogP contribution in [-0.4, -0.2) is 23.3 Å². The Hall–Kier alpha value is -3.94. The van der Waals surface area contributed by atoms with Gasteiger partial charge in [-0.05, 0) is 48.0 Å². The summed E-state index contributed by atoms with van der Waals surface area (Å²) in [4.78, 5) is 20.8. The first-order valence-electron chi connectivity index (χ1n) is 9.19. The Labute approximate surface area is 173 Å². The molecule has 1 heterocycles. The van der Waals surface area contributed by atoms with E-state index in [-0.39, 0.29) is 30.7 Å². The molecule has 0 aliphatic rings. The minimum atomic E-state index is -0.366. The number of hydrogen-bond donors (Lipinski definition) is 2. The van der Waals surface area contributed by atoms with Gasteiger partial charge in [0.1, 0.15) is 18.2 Å². The third-order valence-electron chi connectivity index (χ3n) is 4.04. The molecule has 0 atom stereocenters. The SMILES string of the molecule is N/C(=N/OCC(=O)NCc1ccc(F)cc1)c1ccc(OCc2cccnc2)cc1. The van der Waals surface area contributed by atoms with Gasteiger partial charge in [0.25, 0.3) is 5.91 Å². The molecule has 154 valence electrons. The topological polar surface area (TPSA) is 98.8 Å². The largest absolute Gasteiger partial charge is 0.489 e. The molecule has 1 amide bonds. The fraction of sp³-hybridized carbons (Fsp3) is 0.136. The van der Waals surface area contributed by atoms with Gasteiger partial charge in [-0.1, -0.05) is 23.4 Å². The summed E-state index contributed by atoms with van der Waals surface area (Å²) < 4.78 is 18.5. The number of hydrogen-bond acceptors (Lipinski definition) is 5. The highest BCUT2D eigenvalue weighted by Gasteiger charge is 2.04. The number of ether oxygens (including phenoxy) is 1. The third kappa shape index (κ3) is 6.59. The molecule has 0 bridgehead atoms. The maximum Gasteiger partial charge on any atom is 0.261 e. The van der Waals surface area contributed by atoms with Gasteiger partial charge in [-0.3, -0.25) is 9.78 Å². The minimum absolute atomic E-state index is 0.139. The molecule has 0 saturated heterocycles. The molecular formula is C22H21FN4O3. The van der Waals surface area contributed by atoms with E-state index in [4.69, 9.17) is 15.3 Å². The highest BCUT2D eigenvalue weighted by molar-refractivity contribution is 5.97. The van der Waals surface area contributed by atoms with E-state index in [1.807, 2.05) is 12.1 Å². The summed E-state index contributed by atoms with van der Waals surface area (Å²) in [5.41, 5.74) is 8.26. The van der Waals surface area contributed by atoms with Crippen molar-refractivity contribution in [3.05, 3.63) is 95.6 Å². The van der Waals surface area contributed by atoms with E-state index in [9.17, 15) is 9.18 Å². The lowest BCUT2D eigenvalue weighted by molar-refractivity contribution is -0.125. The van der Waals surface area contributed by atoms with Crippen LogP contribution < -0.4 is 15.8 Å². The maximum atomic E-state index is 12.9. The summed E-state index contributed by atoms with van der Waals surface area (Å²) in [6, 6.07) is 16.7. The predicted octanol–water partition coefficient (Wildman–Crippen LogP) is 2.75. The number of rotatable bonds is 9. The Morgan fingerprint density at radius 3 is 2.53 bits per heavy atom. The maximum absolute atomic E-state index is 12.9. The molecule has 30 heavy (non-hydrogen) atoms. The van der Waals surface area contributed by atoms with E-state index in [2.05, 4.69) is 15.5 Å². The summed E-state index contributed by atoms with van der Waals surface area (Å²) in [6.45, 7) is 0.392. The van der Waals surface area contributed by atoms with Crippen LogP contribution >= 0.6 is 0 Å². The minimum Gasteiger partial charge on any atom is -0.489 e. The number of aromatic nitrogens is 1. The second-order valence-corrected chi connectivity index (χ2v) is 6.33. The number of pyridine rings is 1. The number of carbonyl (C=O) groups excluding carboxylic acids is 1. The molecule has 3 N–H and O–H groups in total. The van der Waals surface area contributed by atoms with E-state index in [1.54, 1.807) is 48.8 Å². The van der Waals surface area contributed by atoms with Crippen LogP contribution in [0.1, 0.15) is 16.7 Å². The molecule has 0 fully saturated rings. The van der Waals surface area contributed by atoms with Crippen molar-refractivity contribution >= 4 is 11.7 Å². The molecule has 2 aromatic carbocycles. The molecule has 1 aromatic heterocycles. The van der Waals surface area contributed by atoms with Gasteiger partial charge in [0.15, 0.2) is 12.4 Å². The Kier molecular flexibility index (Phi) is 7.32. The second kappa shape index (κ2) is 10.6. The smallest absolute Gasteiger partial charge is 0.261 e. The molecule has 0 aliphatic carbocycles. The monoisotopic (exact) mass is 408 g/mol. The zero-order chi connectivity index (χ0) is 21.2. The quantitative estimate of drug-likeness (QED) is 0.322. The Balaban J connectivity index is 1.42. The standard InChI is InChI=1S/C22H21FN4O3/c23-19-7-3-16(4-8-19)13-26-21(28)15-30-27-22(24)18-5-9-20(10-6-18)29-14-17-2-1-11-25-12-17/h1-12H,13-15H2,(H2,24,27)(H,26,28). The lowest BCUT2D eigenvalue weighted by Crippen LogP contribution is -2.27. The van der Waals surface area contributed by atoms with Crippen LogP contribution in [0.3, 0.4) is 0 Å². The molecule has 7 nitrogen and oxygen atoms in total. The van der Waals surface area contributed by atoms with Gasteiger partial charge in [0, 0.05) is 30.1 Å². The first-order valence-corrected chi connectivity index (χ1v) is 9.19. The van der Waals surface area contributed by atoms with Crippen LogP contribution in [0.2, 0.25) is 0 Å². The first-order chi connectivity index (χ1) is 14.6. The van der Waals surface area contributed by atoms with Gasteiger partial charge >= 0.3 is 0 Å². The number of halogens is 1. The molecule has 8 heteroatoms. The molecule has 3 aromatic rings. The van der Waals surface area contributed by atoms with Gasteiger partial charge in [0.05, 0.1) is 0 Å². The second-order valence-electron chi connectivity index (χ2n) is 6.33. The molecule has 0 aliphatic heterocycles. The summed E-state index contributed by atoms with van der Waals surface area (Å²) in [5.74, 6) is 0.123. The number of amidine groups is 1. The highest BCUT2D eigenvalue weighted by Crippen LogP contribution is 2.14. The number of amides is 1. The molecule has 3 rings (SSSR count). The third-order valence-corrected chi connectivity index (χ3v) is 4.04. The van der Waals surface area contributed by atoms with Crippen molar-refractivity contribution in [2.24, 2.45) is 10.9 Å². The van der Waals surface area contributed by atoms with Gasteiger partial charge < -0.3 is 20.6 Å². The number of nitrogens with two attached hydrogens (primary N) is 1. The van der Waals surface area contributed by atoms with Crippen molar-refractivity contribution in [1.82, 2.24) is 10.3 Å². The van der Waals surface area contributed by atoms with E-state index >= 15 is 0 Å². The van der Waals surface area contributed by atoms with Gasteiger partial charge in [-0.25, -0.2) is 4.39 Å². The fourth-order valence-electron chi connectivity index (χ4n) is 2.44. The molecule has 0 radical (unpaired) electrons. The van der Waals surface area contributed by atoms with Crippen LogP contribution in [0.4, 0.5) is 4.39 Å². The van der Waals surface area contributed by atoms with Crippen LogP contribution in [0, 0.1) is 5.82 Å². The number of carbonyl (C=O) groups is 1. The van der Waals surface area contributed by atoms with E-state index in [1.165, 1.54) is 12.1 Å². The van der Waals surface area contributed by atoms with Crippen LogP contribution in [0.5, 0.6) is 5.75 Å². The Morgan fingerprint density at radius 1 is 1.07 bits per heavy atom. The molecule has 0 spiro atoms. The van der Waals surface area contributed by atoms with Crippen LogP contribution in [-0.2, 0) is 22.8 Å². The van der Waals surface area contributed by atoms with Crippen LogP contribution in [0.25, 0.3) is 0 Å². The van der Waals surface area contributed by atoms with E-state index in [0.29, 0.717) is 17.9 Å². The first kappa shape index (κ1) is 20.8. The van der Waals surface area contributed by atoms with E-state index in [0.717, 1.165) is 11.1 Å². The summed E-state index contributed by atoms with van der Waals surface area (Å²) >= 11 is 0.